The first-order chi connectivity index (χ1) is 42.7. The van der Waals surface area contributed by atoms with Crippen LogP contribution in [-0.4, -0.2) is 115 Å². The first kappa shape index (κ1) is 63.9. The second-order valence-corrected chi connectivity index (χ2v) is 23.9. The molecule has 19 heteroatoms. The Bertz CT molecular complexity index is 3640. The second-order valence-electron chi connectivity index (χ2n) is 22.9. The molecule has 0 spiro atoms. The molecule has 4 aromatic carbocycles. The molecule has 2 aliphatic heterocycles. The number of rotatable bonds is 36. The van der Waals surface area contributed by atoms with E-state index in [2.05, 4.69) is 37.7 Å². The minimum absolute atomic E-state index is 0.0346. The second kappa shape index (κ2) is 31.4. The maximum Gasteiger partial charge on any atom is 0.208 e. The highest BCUT2D eigenvalue weighted by atomic mass is 28.1. The lowest BCUT2D eigenvalue weighted by atomic mass is 10.0. The van der Waals surface area contributed by atoms with Crippen molar-refractivity contribution in [1.29, 1.82) is 0 Å². The normalized spacial score (nSPS) is 11.8. The molecule has 468 valence electrons. The maximum absolute atomic E-state index is 11.4. The highest BCUT2D eigenvalue weighted by molar-refractivity contribution is 6.44. The van der Waals surface area contributed by atoms with Crippen LogP contribution in [0, 0.1) is 0 Å². The number of aromatic nitrogens is 8. The molecule has 0 amide bonds. The summed E-state index contributed by atoms with van der Waals surface area (Å²) in [6.45, 7) is 10.7. The monoisotopic (exact) mass is 1210 g/mol. The number of benzene rings is 4. The van der Waals surface area contributed by atoms with Gasteiger partial charge in [0.25, 0.3) is 0 Å². The third-order valence-corrected chi connectivity index (χ3v) is 17.5. The van der Waals surface area contributed by atoms with E-state index in [0.717, 1.165) is 112 Å². The first-order valence-electron chi connectivity index (χ1n) is 32.3. The van der Waals surface area contributed by atoms with E-state index in [1.54, 1.807) is 21.3 Å². The molecule has 0 fully saturated rings. The molecular formula is C68H92N8O10Si. The van der Waals surface area contributed by atoms with Gasteiger partial charge >= 0.3 is 0 Å². The molecule has 87 heavy (non-hydrogen) atoms. The zero-order chi connectivity index (χ0) is 61.2. The minimum atomic E-state index is -0.477. The number of nitrogens with one attached hydrogen (secondary N) is 2. The van der Waals surface area contributed by atoms with Crippen LogP contribution in [0.1, 0.15) is 182 Å². The van der Waals surface area contributed by atoms with Gasteiger partial charge in [-0.2, -0.15) is 0 Å². The summed E-state index contributed by atoms with van der Waals surface area (Å²) in [6, 6.07) is 9.25. The molecule has 3 aromatic heterocycles. The molecular weight excluding hydrogens is 1120 g/mol. The number of H-pyrrole nitrogens is 2. The molecule has 0 aliphatic carbocycles. The maximum atomic E-state index is 11.4. The van der Waals surface area contributed by atoms with Crippen molar-refractivity contribution in [3.05, 3.63) is 30.3 Å². The first-order valence-corrected chi connectivity index (χ1v) is 33.3. The molecule has 0 radical (unpaired) electrons. The molecule has 18 nitrogen and oxygen atoms in total. The van der Waals surface area contributed by atoms with E-state index in [1.807, 2.05) is 24.3 Å². The van der Waals surface area contributed by atoms with Crippen LogP contribution in [0.2, 0.25) is 0 Å². The van der Waals surface area contributed by atoms with Crippen LogP contribution in [0.25, 0.3) is 89.7 Å². The van der Waals surface area contributed by atoms with E-state index in [-0.39, 0.29) is 40.2 Å². The van der Waals surface area contributed by atoms with Crippen LogP contribution in [0.15, 0.2) is 30.3 Å². The Hall–Kier alpha value is -7.54. The van der Waals surface area contributed by atoms with E-state index in [0.29, 0.717) is 116 Å². The van der Waals surface area contributed by atoms with Gasteiger partial charge in [-0.05, 0) is 36.9 Å². The van der Waals surface area contributed by atoms with Crippen LogP contribution in [0.4, 0.5) is 0 Å². The van der Waals surface area contributed by atoms with Crippen LogP contribution < -0.4 is 43.1 Å². The topological polar surface area (TPSA) is 223 Å². The molecule has 4 N–H and O–H groups in total. The average molecular weight is 1210 g/mol. The molecule has 0 saturated heterocycles. The van der Waals surface area contributed by atoms with Crippen molar-refractivity contribution in [1.82, 2.24) is 39.9 Å². The third kappa shape index (κ3) is 14.2. The number of unbranched alkanes of at least 4 members (excludes halogenated alkanes) is 20. The van der Waals surface area contributed by atoms with Crippen LogP contribution >= 0.6 is 0 Å². The Kier molecular flexibility index (Phi) is 23.1. The van der Waals surface area contributed by atoms with Crippen LogP contribution in [-0.2, 0) is 0 Å². The molecule has 7 aromatic rings. The lowest BCUT2D eigenvalue weighted by Crippen LogP contribution is -2.16. The molecule has 2 aliphatic rings. The number of hydrogen-bond acceptors (Lipinski definition) is 16. The number of hydrogen-bond donors (Lipinski definition) is 4. The Labute approximate surface area is 515 Å². The van der Waals surface area contributed by atoms with E-state index >= 15 is 0 Å². The van der Waals surface area contributed by atoms with Crippen molar-refractivity contribution < 1.29 is 48.1 Å². The van der Waals surface area contributed by atoms with Crippen LogP contribution in [0.5, 0.6) is 57.5 Å². The van der Waals surface area contributed by atoms with Crippen molar-refractivity contribution in [2.75, 3.05) is 54.9 Å². The largest absolute Gasteiger partial charge is 0.504 e. The third-order valence-electron chi connectivity index (χ3n) is 16.5. The van der Waals surface area contributed by atoms with Crippen molar-refractivity contribution in [3.8, 4) is 103 Å². The summed E-state index contributed by atoms with van der Waals surface area (Å²) in [7, 11) is 6.61. The van der Waals surface area contributed by atoms with Gasteiger partial charge in [0, 0.05) is 32.1 Å². The van der Waals surface area contributed by atoms with Crippen molar-refractivity contribution in [3.63, 3.8) is 0 Å². The standard InChI is InChI=1S/C68H92N8O10Si/c1-9-13-17-21-25-31-37-83-54-48-47(53(80-6)56(81-7)57(54)82-8)65-73-64-46-44(41-45(77)51(78)52(46)79-5)63(72-64)70-61-42-35-29-30-36-43(42)62(69-61)71-68-50-49(67(76-68)75-66(48)74-65)55(84-38-32-26-22-18-14-10-2)58(85-39-33-27-23-19-15-11-3)59(60(50)87)86-40-34-28-24-20-16-12-4/h29-30,35-36,41,77-78H,9-28,31-34,37-40H2,1-8,87H3,(H2,69,70,71,72,73,74,75,76). The molecule has 0 unspecified atom stereocenters. The fourth-order valence-corrected chi connectivity index (χ4v) is 12.8. The summed E-state index contributed by atoms with van der Waals surface area (Å²) >= 11 is 0. The zero-order valence-corrected chi connectivity index (χ0v) is 55.0. The molecule has 9 rings (SSSR count). The quantitative estimate of drug-likeness (QED) is 0.0163. The number of methoxy groups -OCH3 is 4. The number of fused-ring (bicyclic) bond motifs is 20. The van der Waals surface area contributed by atoms with Gasteiger partial charge < -0.3 is 58.1 Å². The summed E-state index contributed by atoms with van der Waals surface area (Å²) in [5.74, 6) is 3.11. The molecule has 0 atom stereocenters. The van der Waals surface area contributed by atoms with Crippen LogP contribution in [0.3, 0.4) is 0 Å². The fourth-order valence-electron chi connectivity index (χ4n) is 11.9. The lowest BCUT2D eigenvalue weighted by Gasteiger charge is -2.21. The Balaban J connectivity index is 1.41. The molecule has 0 saturated carbocycles. The molecule has 5 heterocycles. The number of aromatic hydroxyl groups is 2. The number of phenolic OH excluding ortho intramolecular Hbond substituents is 2. The predicted molar refractivity (Wildman–Crippen MR) is 351 cm³/mol. The fraction of sp³-hybridized carbons (Fsp3) is 0.529. The highest BCUT2D eigenvalue weighted by Crippen LogP contribution is 2.58. The Morgan fingerprint density at radius 3 is 1.26 bits per heavy atom. The van der Waals surface area contributed by atoms with Crippen molar-refractivity contribution in [2.24, 2.45) is 0 Å². The van der Waals surface area contributed by atoms with E-state index in [9.17, 15) is 10.2 Å². The summed E-state index contributed by atoms with van der Waals surface area (Å²) in [4.78, 5) is 39.3. The summed E-state index contributed by atoms with van der Waals surface area (Å²) < 4.78 is 52.9. The average Bonchev–Trinajstić information content (AvgIpc) is 1.65. The smallest absolute Gasteiger partial charge is 0.208 e. The van der Waals surface area contributed by atoms with Gasteiger partial charge in [0.2, 0.25) is 23.0 Å². The van der Waals surface area contributed by atoms with Crippen molar-refractivity contribution in [2.45, 2.75) is 182 Å². The summed E-state index contributed by atoms with van der Waals surface area (Å²) in [5.41, 5.74) is 3.69. The zero-order valence-electron chi connectivity index (χ0n) is 53.0. The van der Waals surface area contributed by atoms with Gasteiger partial charge in [-0.25, -0.2) is 29.9 Å². The minimum Gasteiger partial charge on any atom is -0.504 e. The number of nitrogens with zero attached hydrogens (tertiary/aromatic N) is 6. The predicted octanol–water partition coefficient (Wildman–Crippen LogP) is 15.3. The van der Waals surface area contributed by atoms with E-state index in [4.69, 9.17) is 67.8 Å². The Morgan fingerprint density at radius 2 is 0.759 bits per heavy atom. The van der Waals surface area contributed by atoms with Gasteiger partial charge in [0.05, 0.1) is 76.8 Å². The van der Waals surface area contributed by atoms with Gasteiger partial charge in [-0.15, -0.1) is 0 Å². The van der Waals surface area contributed by atoms with Gasteiger partial charge in [0.1, 0.15) is 22.6 Å². The number of phenols is 2. The molecule has 8 bridgehead atoms. The van der Waals surface area contributed by atoms with Crippen molar-refractivity contribution >= 4 is 59.6 Å². The van der Waals surface area contributed by atoms with Gasteiger partial charge in [-0.1, -0.05) is 180 Å². The summed E-state index contributed by atoms with van der Waals surface area (Å²) in [5, 5.41) is 25.7. The van der Waals surface area contributed by atoms with E-state index < -0.39 is 11.5 Å². The SMILES string of the molecule is CCCCCCCCOc1c(OC)c(OC)c(OC)c2c1-c1nc-2nc2[nH]c(nc3nc(nc4[nH]c(n1)c1c(OCCCCCCCC)c(OCCCCCCCC)c(OCCCCCCCC)c([SiH3])c41)-c1ccccc1-3)c1cc(O)c(O)c(OC)c21. The van der Waals surface area contributed by atoms with E-state index in [1.165, 1.54) is 77.4 Å². The highest BCUT2D eigenvalue weighted by Gasteiger charge is 2.37. The summed E-state index contributed by atoms with van der Waals surface area (Å²) in [6.07, 6.45) is 26.1. The van der Waals surface area contributed by atoms with Gasteiger partial charge in [-0.3, -0.25) is 0 Å². The number of ether oxygens (including phenoxy) is 8. The Morgan fingerprint density at radius 1 is 0.379 bits per heavy atom. The van der Waals surface area contributed by atoms with Gasteiger partial charge in [0.15, 0.2) is 57.8 Å². The lowest BCUT2D eigenvalue weighted by molar-refractivity contribution is 0.237. The number of aromatic amines is 2.